The van der Waals surface area contributed by atoms with Crippen LogP contribution in [0.1, 0.15) is 72.1 Å². The average molecular weight is 280 g/mol. The van der Waals surface area contributed by atoms with Gasteiger partial charge in [-0.15, -0.1) is 0 Å². The second-order valence-corrected chi connectivity index (χ2v) is 7.02. The molecule has 2 fully saturated rings. The first-order valence-electron chi connectivity index (χ1n) is 8.70. The maximum absolute atomic E-state index is 12.6. The standard InChI is InChI=1S/C17H32N2O/c1-4-5-10-15-17(20)19(16(18-15)13(2)3)12-11-14-8-6-7-9-14/h13-16,18H,4-12H2,1-3H3. The largest absolute Gasteiger partial charge is 0.326 e. The van der Waals surface area contributed by atoms with E-state index in [1.165, 1.54) is 38.5 Å². The van der Waals surface area contributed by atoms with Crippen LogP contribution in [0.25, 0.3) is 0 Å². The zero-order valence-corrected chi connectivity index (χ0v) is 13.5. The number of nitrogens with zero attached hydrogens (tertiary/aromatic N) is 1. The molecule has 0 aromatic heterocycles. The summed E-state index contributed by atoms with van der Waals surface area (Å²) in [6.07, 6.45) is 10.3. The molecular weight excluding hydrogens is 248 g/mol. The first-order chi connectivity index (χ1) is 9.63. The summed E-state index contributed by atoms with van der Waals surface area (Å²) in [7, 11) is 0. The Morgan fingerprint density at radius 1 is 1.25 bits per heavy atom. The van der Waals surface area contributed by atoms with Crippen LogP contribution in [0.3, 0.4) is 0 Å². The van der Waals surface area contributed by atoms with Crippen LogP contribution < -0.4 is 5.32 Å². The Labute approximate surface area is 124 Å². The smallest absolute Gasteiger partial charge is 0.241 e. The second kappa shape index (κ2) is 7.44. The molecule has 1 amide bonds. The van der Waals surface area contributed by atoms with Crippen molar-refractivity contribution in [3.8, 4) is 0 Å². The fraction of sp³-hybridized carbons (Fsp3) is 0.941. The predicted molar refractivity (Wildman–Crippen MR) is 83.4 cm³/mol. The van der Waals surface area contributed by atoms with Gasteiger partial charge in [0.25, 0.3) is 0 Å². The summed E-state index contributed by atoms with van der Waals surface area (Å²) in [5.41, 5.74) is 0. The number of amides is 1. The lowest BCUT2D eigenvalue weighted by Crippen LogP contribution is -2.42. The molecular formula is C17H32N2O. The van der Waals surface area contributed by atoms with Gasteiger partial charge < -0.3 is 4.90 Å². The molecule has 116 valence electrons. The van der Waals surface area contributed by atoms with Gasteiger partial charge in [0, 0.05) is 6.54 Å². The van der Waals surface area contributed by atoms with E-state index in [1.54, 1.807) is 0 Å². The van der Waals surface area contributed by atoms with Crippen molar-refractivity contribution in [1.29, 1.82) is 0 Å². The Hall–Kier alpha value is -0.570. The van der Waals surface area contributed by atoms with Crippen LogP contribution in [-0.2, 0) is 4.79 Å². The lowest BCUT2D eigenvalue weighted by atomic mass is 10.0. The maximum atomic E-state index is 12.6. The van der Waals surface area contributed by atoms with Gasteiger partial charge in [-0.05, 0) is 24.7 Å². The van der Waals surface area contributed by atoms with E-state index in [4.69, 9.17) is 0 Å². The number of rotatable bonds is 7. The summed E-state index contributed by atoms with van der Waals surface area (Å²) in [6, 6.07) is 0.0749. The van der Waals surface area contributed by atoms with E-state index in [0.717, 1.165) is 25.3 Å². The SMILES string of the molecule is CCCCC1NC(C(C)C)N(CCC2CCCC2)C1=O. The van der Waals surface area contributed by atoms with E-state index >= 15 is 0 Å². The summed E-state index contributed by atoms with van der Waals surface area (Å²) in [4.78, 5) is 14.7. The van der Waals surface area contributed by atoms with Gasteiger partial charge in [-0.1, -0.05) is 59.3 Å². The van der Waals surface area contributed by atoms with Crippen LogP contribution in [0.4, 0.5) is 0 Å². The number of hydrogen-bond acceptors (Lipinski definition) is 2. The van der Waals surface area contributed by atoms with Crippen LogP contribution in [0.15, 0.2) is 0 Å². The van der Waals surface area contributed by atoms with E-state index in [-0.39, 0.29) is 12.2 Å². The van der Waals surface area contributed by atoms with Gasteiger partial charge in [0.15, 0.2) is 0 Å². The topological polar surface area (TPSA) is 32.3 Å². The minimum absolute atomic E-state index is 0.0749. The summed E-state index contributed by atoms with van der Waals surface area (Å²) in [6.45, 7) is 7.59. The van der Waals surface area contributed by atoms with E-state index < -0.39 is 0 Å². The minimum Gasteiger partial charge on any atom is -0.326 e. The minimum atomic E-state index is 0.0749. The van der Waals surface area contributed by atoms with Crippen molar-refractivity contribution in [1.82, 2.24) is 10.2 Å². The van der Waals surface area contributed by atoms with E-state index in [9.17, 15) is 4.79 Å². The molecule has 0 aromatic rings. The van der Waals surface area contributed by atoms with Gasteiger partial charge in [-0.3, -0.25) is 10.1 Å². The molecule has 1 saturated carbocycles. The van der Waals surface area contributed by atoms with Crippen LogP contribution in [-0.4, -0.2) is 29.6 Å². The lowest BCUT2D eigenvalue weighted by Gasteiger charge is -2.28. The molecule has 2 rings (SSSR count). The highest BCUT2D eigenvalue weighted by molar-refractivity contribution is 5.84. The van der Waals surface area contributed by atoms with Gasteiger partial charge in [0.1, 0.15) is 0 Å². The van der Waals surface area contributed by atoms with Crippen molar-refractivity contribution >= 4 is 5.91 Å². The van der Waals surface area contributed by atoms with E-state index in [1.807, 2.05) is 0 Å². The molecule has 2 aliphatic rings. The fourth-order valence-electron chi connectivity index (χ4n) is 3.74. The Morgan fingerprint density at radius 2 is 1.95 bits per heavy atom. The van der Waals surface area contributed by atoms with Gasteiger partial charge in [-0.2, -0.15) is 0 Å². The first kappa shape index (κ1) is 15.8. The molecule has 1 N–H and O–H groups in total. The molecule has 3 nitrogen and oxygen atoms in total. The molecule has 1 aliphatic carbocycles. The number of nitrogens with one attached hydrogen (secondary N) is 1. The van der Waals surface area contributed by atoms with Crippen molar-refractivity contribution < 1.29 is 4.79 Å². The third-order valence-electron chi connectivity index (χ3n) is 5.02. The molecule has 1 saturated heterocycles. The zero-order valence-electron chi connectivity index (χ0n) is 13.5. The molecule has 0 aromatic carbocycles. The van der Waals surface area contributed by atoms with Crippen LogP contribution in [0, 0.1) is 11.8 Å². The number of unbranched alkanes of at least 4 members (excludes halogenated alkanes) is 1. The normalized spacial score (nSPS) is 28.0. The van der Waals surface area contributed by atoms with Crippen molar-refractivity contribution in [2.24, 2.45) is 11.8 Å². The van der Waals surface area contributed by atoms with E-state index in [2.05, 4.69) is 31.0 Å². The third-order valence-corrected chi connectivity index (χ3v) is 5.02. The van der Waals surface area contributed by atoms with Crippen LogP contribution in [0.2, 0.25) is 0 Å². The van der Waals surface area contributed by atoms with Gasteiger partial charge >= 0.3 is 0 Å². The lowest BCUT2D eigenvalue weighted by molar-refractivity contribution is -0.130. The predicted octanol–water partition coefficient (Wildman–Crippen LogP) is 3.54. The highest BCUT2D eigenvalue weighted by atomic mass is 16.2. The van der Waals surface area contributed by atoms with Gasteiger partial charge in [0.2, 0.25) is 5.91 Å². The quantitative estimate of drug-likeness (QED) is 0.773. The Balaban J connectivity index is 1.90. The molecule has 0 radical (unpaired) electrons. The molecule has 0 bridgehead atoms. The third kappa shape index (κ3) is 3.75. The second-order valence-electron chi connectivity index (χ2n) is 7.02. The summed E-state index contributed by atoms with van der Waals surface area (Å²) >= 11 is 0. The summed E-state index contributed by atoms with van der Waals surface area (Å²) < 4.78 is 0. The molecule has 20 heavy (non-hydrogen) atoms. The average Bonchev–Trinajstić information content (AvgIpc) is 3.03. The molecule has 2 atom stereocenters. The number of hydrogen-bond donors (Lipinski definition) is 1. The first-order valence-corrected chi connectivity index (χ1v) is 8.70. The highest BCUT2D eigenvalue weighted by Gasteiger charge is 2.39. The van der Waals surface area contributed by atoms with Crippen LogP contribution >= 0.6 is 0 Å². The van der Waals surface area contributed by atoms with Crippen molar-refractivity contribution in [2.45, 2.75) is 84.3 Å². The zero-order chi connectivity index (χ0) is 14.5. The number of carbonyl (C=O) groups excluding carboxylic acids is 1. The summed E-state index contributed by atoms with van der Waals surface area (Å²) in [5.74, 6) is 1.72. The van der Waals surface area contributed by atoms with Gasteiger partial charge in [0.05, 0.1) is 12.2 Å². The van der Waals surface area contributed by atoms with Crippen LogP contribution in [0.5, 0.6) is 0 Å². The van der Waals surface area contributed by atoms with Crippen molar-refractivity contribution in [3.63, 3.8) is 0 Å². The Kier molecular flexibility index (Phi) is 5.88. The Bertz CT molecular complexity index is 310. The molecule has 0 spiro atoms. The highest BCUT2D eigenvalue weighted by Crippen LogP contribution is 2.29. The summed E-state index contributed by atoms with van der Waals surface area (Å²) in [5, 5.41) is 3.58. The number of carbonyl (C=O) groups is 1. The fourth-order valence-corrected chi connectivity index (χ4v) is 3.74. The van der Waals surface area contributed by atoms with Crippen molar-refractivity contribution in [3.05, 3.63) is 0 Å². The molecule has 3 heteroatoms. The Morgan fingerprint density at radius 3 is 2.55 bits per heavy atom. The van der Waals surface area contributed by atoms with Crippen molar-refractivity contribution in [2.75, 3.05) is 6.54 Å². The molecule has 2 unspecified atom stereocenters. The molecule has 1 aliphatic heterocycles. The van der Waals surface area contributed by atoms with E-state index in [0.29, 0.717) is 11.8 Å². The molecule has 1 heterocycles. The van der Waals surface area contributed by atoms with Gasteiger partial charge in [-0.25, -0.2) is 0 Å². The maximum Gasteiger partial charge on any atom is 0.241 e. The monoisotopic (exact) mass is 280 g/mol.